The third kappa shape index (κ3) is 2.81. The van der Waals surface area contributed by atoms with Gasteiger partial charge in [-0.1, -0.05) is 6.07 Å². The first-order chi connectivity index (χ1) is 10.2. The van der Waals surface area contributed by atoms with Crippen LogP contribution in [0.4, 0.5) is 5.69 Å². The first-order valence-corrected chi connectivity index (χ1v) is 7.84. The van der Waals surface area contributed by atoms with Gasteiger partial charge in [0.25, 0.3) is 5.91 Å². The van der Waals surface area contributed by atoms with Crippen molar-refractivity contribution in [2.45, 2.75) is 0 Å². The molecule has 0 unspecified atom stereocenters. The highest BCUT2D eigenvalue weighted by Gasteiger charge is 2.12. The Balaban J connectivity index is 1.87. The molecule has 0 bridgehead atoms. The number of rotatable bonds is 3. The zero-order valence-electron chi connectivity index (χ0n) is 11.1. The average Bonchev–Trinajstić information content (AvgIpc) is 3.15. The molecule has 1 N–H and O–H groups in total. The third-order valence-corrected chi connectivity index (χ3v) is 4.87. The lowest BCUT2D eigenvalue weighted by Crippen LogP contribution is -2.09. The molecule has 4 nitrogen and oxygen atoms in total. The van der Waals surface area contributed by atoms with Crippen molar-refractivity contribution in [2.24, 2.45) is 0 Å². The predicted octanol–water partition coefficient (Wildman–Crippen LogP) is 4.00. The number of carbonyl (C=O) groups excluding carboxylic acids is 2. The van der Waals surface area contributed by atoms with E-state index in [1.54, 1.807) is 12.1 Å². The van der Waals surface area contributed by atoms with Crippen LogP contribution in [0.3, 0.4) is 0 Å². The van der Waals surface area contributed by atoms with Crippen LogP contribution in [0.2, 0.25) is 0 Å². The van der Waals surface area contributed by atoms with E-state index in [0.717, 1.165) is 10.1 Å². The van der Waals surface area contributed by atoms with Gasteiger partial charge in [0.2, 0.25) is 0 Å². The highest BCUT2D eigenvalue weighted by atomic mass is 32.1. The number of esters is 1. The second-order valence-electron chi connectivity index (χ2n) is 4.29. The molecule has 3 aromatic rings. The summed E-state index contributed by atoms with van der Waals surface area (Å²) in [6.07, 6.45) is 0. The number of ether oxygens (including phenoxy) is 1. The van der Waals surface area contributed by atoms with Gasteiger partial charge >= 0.3 is 5.97 Å². The molecule has 2 heterocycles. The second kappa shape index (κ2) is 5.67. The van der Waals surface area contributed by atoms with Gasteiger partial charge in [0.05, 0.1) is 12.0 Å². The van der Waals surface area contributed by atoms with Gasteiger partial charge in [-0.15, -0.1) is 22.7 Å². The number of amides is 1. The van der Waals surface area contributed by atoms with E-state index in [0.29, 0.717) is 15.4 Å². The maximum absolute atomic E-state index is 12.0. The van der Waals surface area contributed by atoms with Crippen molar-refractivity contribution in [1.82, 2.24) is 0 Å². The fraction of sp³-hybridized carbons (Fsp3) is 0.0667. The molecular weight excluding hydrogens is 306 g/mol. The van der Waals surface area contributed by atoms with Crippen molar-refractivity contribution in [3.63, 3.8) is 0 Å². The largest absolute Gasteiger partial charge is 0.465 e. The number of methoxy groups -OCH3 is 1. The van der Waals surface area contributed by atoms with Gasteiger partial charge < -0.3 is 10.1 Å². The minimum atomic E-state index is -0.347. The number of anilines is 1. The molecule has 0 aliphatic carbocycles. The van der Waals surface area contributed by atoms with Crippen molar-refractivity contribution >= 4 is 50.3 Å². The topological polar surface area (TPSA) is 55.4 Å². The number of nitrogens with one attached hydrogen (secondary N) is 1. The molecule has 1 aromatic carbocycles. The van der Waals surface area contributed by atoms with Gasteiger partial charge in [-0.3, -0.25) is 4.79 Å². The van der Waals surface area contributed by atoms with E-state index in [1.807, 2.05) is 29.6 Å². The minimum Gasteiger partial charge on any atom is -0.465 e. The highest BCUT2D eigenvalue weighted by molar-refractivity contribution is 7.20. The van der Waals surface area contributed by atoms with Crippen LogP contribution in [-0.2, 0) is 4.74 Å². The number of carbonyl (C=O) groups is 2. The molecule has 2 aromatic heterocycles. The van der Waals surface area contributed by atoms with Gasteiger partial charge in [0.1, 0.15) is 4.88 Å². The molecule has 0 aliphatic heterocycles. The Bertz CT molecular complexity index is 806. The summed E-state index contributed by atoms with van der Waals surface area (Å²) in [6, 6.07) is 10.9. The van der Waals surface area contributed by atoms with E-state index in [4.69, 9.17) is 4.74 Å². The molecule has 0 saturated heterocycles. The fourth-order valence-electron chi connectivity index (χ4n) is 1.92. The summed E-state index contributed by atoms with van der Waals surface area (Å²) in [4.78, 5) is 24.7. The number of benzene rings is 1. The number of hydrogen-bond donors (Lipinski definition) is 1. The maximum atomic E-state index is 12.0. The molecule has 0 atom stereocenters. The average molecular weight is 317 g/mol. The van der Waals surface area contributed by atoms with E-state index in [-0.39, 0.29) is 11.9 Å². The first-order valence-electron chi connectivity index (χ1n) is 6.14. The van der Waals surface area contributed by atoms with Crippen molar-refractivity contribution in [1.29, 1.82) is 0 Å². The summed E-state index contributed by atoms with van der Waals surface area (Å²) in [7, 11) is 1.36. The van der Waals surface area contributed by atoms with E-state index < -0.39 is 0 Å². The molecular formula is C15H11NO3S2. The van der Waals surface area contributed by atoms with Crippen molar-refractivity contribution in [2.75, 3.05) is 12.4 Å². The summed E-state index contributed by atoms with van der Waals surface area (Å²) < 4.78 is 5.69. The number of fused-ring (bicyclic) bond motifs is 1. The lowest BCUT2D eigenvalue weighted by molar-refractivity contribution is 0.0606. The Labute approximate surface area is 129 Å². The Kier molecular flexibility index (Phi) is 3.72. The van der Waals surface area contributed by atoms with Crippen molar-refractivity contribution in [3.05, 3.63) is 51.5 Å². The minimum absolute atomic E-state index is 0.132. The van der Waals surface area contributed by atoms with Gasteiger partial charge in [-0.25, -0.2) is 4.79 Å². The molecule has 21 heavy (non-hydrogen) atoms. The standard InChI is InChI=1S/C15H11NO3S2/c1-19-15(18)13-8-9-7-10(4-5-11(9)21-13)16-14(17)12-3-2-6-20-12/h2-8H,1H3,(H,16,17). The molecule has 0 fully saturated rings. The monoisotopic (exact) mass is 317 g/mol. The Hall–Kier alpha value is -2.18. The van der Waals surface area contributed by atoms with E-state index in [9.17, 15) is 9.59 Å². The van der Waals surface area contributed by atoms with Crippen LogP contribution in [0.15, 0.2) is 41.8 Å². The predicted molar refractivity (Wildman–Crippen MR) is 85.4 cm³/mol. The molecule has 6 heteroatoms. The maximum Gasteiger partial charge on any atom is 0.348 e. The molecule has 3 rings (SSSR count). The van der Waals surface area contributed by atoms with Crippen molar-refractivity contribution < 1.29 is 14.3 Å². The summed E-state index contributed by atoms with van der Waals surface area (Å²) in [6.45, 7) is 0. The smallest absolute Gasteiger partial charge is 0.348 e. The molecule has 0 saturated carbocycles. The Morgan fingerprint density at radius 1 is 1.14 bits per heavy atom. The summed E-state index contributed by atoms with van der Waals surface area (Å²) in [5.74, 6) is -0.479. The lowest BCUT2D eigenvalue weighted by atomic mass is 10.2. The molecule has 0 spiro atoms. The summed E-state index contributed by atoms with van der Waals surface area (Å²) in [5, 5.41) is 5.62. The van der Waals surface area contributed by atoms with Crippen LogP contribution < -0.4 is 5.32 Å². The molecule has 0 aliphatic rings. The van der Waals surface area contributed by atoms with Gasteiger partial charge in [-0.05, 0) is 41.1 Å². The summed E-state index contributed by atoms with van der Waals surface area (Å²) in [5.41, 5.74) is 0.704. The van der Waals surface area contributed by atoms with Gasteiger partial charge in [0, 0.05) is 10.4 Å². The van der Waals surface area contributed by atoms with E-state index >= 15 is 0 Å². The highest BCUT2D eigenvalue weighted by Crippen LogP contribution is 2.28. The van der Waals surface area contributed by atoms with Crippen LogP contribution in [0.25, 0.3) is 10.1 Å². The van der Waals surface area contributed by atoms with E-state index in [1.165, 1.54) is 29.8 Å². The first kappa shape index (κ1) is 13.8. The Morgan fingerprint density at radius 2 is 2.00 bits per heavy atom. The van der Waals surface area contributed by atoms with Crippen LogP contribution in [0.1, 0.15) is 19.3 Å². The zero-order chi connectivity index (χ0) is 14.8. The van der Waals surface area contributed by atoms with Crippen LogP contribution in [0, 0.1) is 0 Å². The number of hydrogen-bond acceptors (Lipinski definition) is 5. The molecule has 1 amide bonds. The number of thiophene rings is 2. The normalized spacial score (nSPS) is 10.5. The SMILES string of the molecule is COC(=O)c1cc2cc(NC(=O)c3cccs3)ccc2s1. The van der Waals surface area contributed by atoms with Gasteiger partial charge in [0.15, 0.2) is 0 Å². The lowest BCUT2D eigenvalue weighted by Gasteiger charge is -2.03. The molecule has 106 valence electrons. The molecule has 0 radical (unpaired) electrons. The second-order valence-corrected chi connectivity index (χ2v) is 6.32. The van der Waals surface area contributed by atoms with Crippen LogP contribution in [0.5, 0.6) is 0 Å². The third-order valence-electron chi connectivity index (χ3n) is 2.91. The van der Waals surface area contributed by atoms with Crippen LogP contribution >= 0.6 is 22.7 Å². The van der Waals surface area contributed by atoms with Gasteiger partial charge in [-0.2, -0.15) is 0 Å². The van der Waals surface area contributed by atoms with Crippen molar-refractivity contribution in [3.8, 4) is 0 Å². The van der Waals surface area contributed by atoms with E-state index in [2.05, 4.69) is 5.32 Å². The Morgan fingerprint density at radius 3 is 2.71 bits per heavy atom. The summed E-state index contributed by atoms with van der Waals surface area (Å²) >= 11 is 2.76. The zero-order valence-corrected chi connectivity index (χ0v) is 12.7. The van der Waals surface area contributed by atoms with Crippen LogP contribution in [-0.4, -0.2) is 19.0 Å². The quantitative estimate of drug-likeness (QED) is 0.743. The fourth-order valence-corrected chi connectivity index (χ4v) is 3.50.